The molecule has 32 heavy (non-hydrogen) atoms. The molecule has 0 aliphatic carbocycles. The smallest absolute Gasteiger partial charge is 0.416 e. The highest BCUT2D eigenvalue weighted by atomic mass is 32.2. The van der Waals surface area contributed by atoms with Crippen molar-refractivity contribution in [2.24, 2.45) is 0 Å². The van der Waals surface area contributed by atoms with Gasteiger partial charge >= 0.3 is 6.18 Å². The van der Waals surface area contributed by atoms with Gasteiger partial charge in [-0.15, -0.1) is 11.3 Å². The Morgan fingerprint density at radius 2 is 2.03 bits per heavy atom. The van der Waals surface area contributed by atoms with E-state index in [4.69, 9.17) is 4.74 Å². The number of fused-ring (bicyclic) bond motifs is 1. The van der Waals surface area contributed by atoms with Crippen LogP contribution < -0.4 is 14.4 Å². The van der Waals surface area contributed by atoms with Crippen molar-refractivity contribution in [3.63, 3.8) is 0 Å². The first kappa shape index (κ1) is 22.7. The van der Waals surface area contributed by atoms with Gasteiger partial charge in [-0.1, -0.05) is 0 Å². The molecule has 0 spiro atoms. The molecule has 1 atom stereocenters. The van der Waals surface area contributed by atoms with E-state index in [1.54, 1.807) is 6.20 Å². The van der Waals surface area contributed by atoms with Gasteiger partial charge in [-0.3, -0.25) is 0 Å². The number of halogens is 3. The van der Waals surface area contributed by atoms with Crippen LogP contribution in [-0.4, -0.2) is 41.1 Å². The first-order valence-electron chi connectivity index (χ1n) is 9.71. The Balaban J connectivity index is 1.64. The number of hydrogen-bond donors (Lipinski definition) is 3. The van der Waals surface area contributed by atoms with E-state index in [1.807, 2.05) is 28.5 Å². The number of anilines is 3. The highest BCUT2D eigenvalue weighted by Crippen LogP contribution is 2.42. The number of rotatable bonds is 7. The molecule has 3 N–H and O–H groups in total. The predicted molar refractivity (Wildman–Crippen MR) is 119 cm³/mol. The number of aliphatic hydroxyl groups excluding tert-OH is 2. The lowest BCUT2D eigenvalue weighted by Gasteiger charge is -2.33. The lowest BCUT2D eigenvalue weighted by Crippen LogP contribution is -2.30. The lowest BCUT2D eigenvalue weighted by atomic mass is 10.0. The SMILES string of the molecule is OCC(O)Cc1cc(C(F)(F)F)ccc1N1CCOc2cc(SNc3nccs3)ccc21. The molecule has 11 heteroatoms. The van der Waals surface area contributed by atoms with Crippen LogP contribution >= 0.6 is 23.3 Å². The van der Waals surface area contributed by atoms with E-state index in [1.165, 1.54) is 29.4 Å². The average molecular weight is 484 g/mol. The second-order valence-corrected chi connectivity index (χ2v) is 8.83. The molecule has 2 heterocycles. The molecule has 6 nitrogen and oxygen atoms in total. The van der Waals surface area contributed by atoms with Crippen molar-refractivity contribution in [2.75, 3.05) is 29.4 Å². The number of ether oxygens (including phenoxy) is 1. The minimum Gasteiger partial charge on any atom is -0.489 e. The summed E-state index contributed by atoms with van der Waals surface area (Å²) in [5.41, 5.74) is 0.763. The van der Waals surface area contributed by atoms with Crippen molar-refractivity contribution < 1.29 is 28.1 Å². The van der Waals surface area contributed by atoms with E-state index < -0.39 is 24.5 Å². The summed E-state index contributed by atoms with van der Waals surface area (Å²) in [6, 6.07) is 9.07. The Hall–Kier alpha value is -2.47. The molecule has 0 bridgehead atoms. The van der Waals surface area contributed by atoms with E-state index in [0.29, 0.717) is 35.8 Å². The maximum atomic E-state index is 13.3. The topological polar surface area (TPSA) is 77.9 Å². The van der Waals surface area contributed by atoms with Gasteiger partial charge in [0.1, 0.15) is 12.4 Å². The maximum Gasteiger partial charge on any atom is 0.416 e. The number of nitrogens with one attached hydrogen (secondary N) is 1. The van der Waals surface area contributed by atoms with Crippen molar-refractivity contribution >= 4 is 39.8 Å². The predicted octanol–water partition coefficient (Wildman–Crippen LogP) is 4.71. The zero-order chi connectivity index (χ0) is 22.7. The molecule has 0 amide bonds. The minimum atomic E-state index is -4.50. The molecule has 1 aliphatic heterocycles. The molecule has 1 aliphatic rings. The second-order valence-electron chi connectivity index (χ2n) is 7.05. The van der Waals surface area contributed by atoms with E-state index in [-0.39, 0.29) is 6.42 Å². The summed E-state index contributed by atoms with van der Waals surface area (Å²) in [5.74, 6) is 0.607. The summed E-state index contributed by atoms with van der Waals surface area (Å²) < 4.78 is 48.7. The molecule has 0 saturated carbocycles. The van der Waals surface area contributed by atoms with Gasteiger partial charge in [0.05, 0.1) is 30.5 Å². The first-order valence-corrected chi connectivity index (χ1v) is 11.4. The first-order chi connectivity index (χ1) is 15.3. The fourth-order valence-corrected chi connectivity index (χ4v) is 4.65. The van der Waals surface area contributed by atoms with E-state index in [2.05, 4.69) is 9.71 Å². The van der Waals surface area contributed by atoms with Crippen LogP contribution in [0.3, 0.4) is 0 Å². The van der Waals surface area contributed by atoms with E-state index >= 15 is 0 Å². The fraction of sp³-hybridized carbons (Fsp3) is 0.286. The van der Waals surface area contributed by atoms with Gasteiger partial charge < -0.3 is 24.6 Å². The number of aliphatic hydroxyl groups is 2. The normalized spacial score (nSPS) is 14.6. The fourth-order valence-electron chi connectivity index (χ4n) is 3.40. The van der Waals surface area contributed by atoms with Gasteiger partial charge in [0, 0.05) is 28.6 Å². The van der Waals surface area contributed by atoms with Gasteiger partial charge in [0.25, 0.3) is 0 Å². The molecule has 0 saturated heterocycles. The molecule has 0 fully saturated rings. The standard InChI is InChI=1S/C21H20F3N3O3S2/c22-21(23,24)14-1-3-17(13(9-14)10-15(29)12-28)27-6-7-30-19-11-16(2-4-18(19)27)32-26-20-25-5-8-31-20/h1-5,8-9,11,15,28-29H,6-7,10,12H2,(H,25,26). The van der Waals surface area contributed by atoms with Crippen LogP contribution in [0.25, 0.3) is 0 Å². The third-order valence-corrected chi connectivity index (χ3v) is 6.45. The zero-order valence-electron chi connectivity index (χ0n) is 16.7. The number of aromatic nitrogens is 1. The van der Waals surface area contributed by atoms with Crippen LogP contribution in [0, 0.1) is 0 Å². The minimum absolute atomic E-state index is 0.103. The molecular weight excluding hydrogens is 463 g/mol. The third kappa shape index (κ3) is 5.12. The van der Waals surface area contributed by atoms with Crippen molar-refractivity contribution in [3.8, 4) is 5.75 Å². The quantitative estimate of drug-likeness (QED) is 0.420. The van der Waals surface area contributed by atoms with Gasteiger partial charge in [0.2, 0.25) is 0 Å². The molecule has 170 valence electrons. The number of alkyl halides is 3. The summed E-state index contributed by atoms with van der Waals surface area (Å²) in [4.78, 5) is 6.93. The summed E-state index contributed by atoms with van der Waals surface area (Å²) in [6.07, 6.45) is -4.06. The summed E-state index contributed by atoms with van der Waals surface area (Å²) in [6.45, 7) is 0.247. The Bertz CT molecular complexity index is 1060. The van der Waals surface area contributed by atoms with Crippen LogP contribution in [0.2, 0.25) is 0 Å². The van der Waals surface area contributed by atoms with Crippen molar-refractivity contribution in [1.82, 2.24) is 4.98 Å². The highest BCUT2D eigenvalue weighted by Gasteiger charge is 2.32. The lowest BCUT2D eigenvalue weighted by molar-refractivity contribution is -0.137. The summed E-state index contributed by atoms with van der Waals surface area (Å²) >= 11 is 2.86. The molecule has 1 aromatic heterocycles. The molecular formula is C21H20F3N3O3S2. The van der Waals surface area contributed by atoms with Crippen LogP contribution in [-0.2, 0) is 12.6 Å². The Kier molecular flexibility index (Phi) is 6.79. The summed E-state index contributed by atoms with van der Waals surface area (Å²) in [5, 5.41) is 21.8. The van der Waals surface area contributed by atoms with Gasteiger partial charge in [-0.05, 0) is 53.9 Å². The highest BCUT2D eigenvalue weighted by molar-refractivity contribution is 8.00. The second kappa shape index (κ2) is 9.57. The van der Waals surface area contributed by atoms with Gasteiger partial charge in [-0.25, -0.2) is 4.98 Å². The van der Waals surface area contributed by atoms with Crippen LogP contribution in [0.5, 0.6) is 5.75 Å². The molecule has 1 unspecified atom stereocenters. The zero-order valence-corrected chi connectivity index (χ0v) is 18.3. The Labute approximate surface area is 190 Å². The number of hydrogen-bond acceptors (Lipinski definition) is 8. The Morgan fingerprint density at radius 3 is 2.75 bits per heavy atom. The summed E-state index contributed by atoms with van der Waals surface area (Å²) in [7, 11) is 0. The van der Waals surface area contributed by atoms with E-state index in [0.717, 1.165) is 22.2 Å². The third-order valence-electron chi connectivity index (χ3n) is 4.85. The molecule has 3 aromatic rings. The van der Waals surface area contributed by atoms with Crippen LogP contribution in [0.4, 0.5) is 29.7 Å². The van der Waals surface area contributed by atoms with Crippen molar-refractivity contribution in [1.29, 1.82) is 0 Å². The van der Waals surface area contributed by atoms with Crippen LogP contribution in [0.1, 0.15) is 11.1 Å². The molecule has 0 radical (unpaired) electrons. The average Bonchev–Trinajstić information content (AvgIpc) is 3.30. The van der Waals surface area contributed by atoms with Crippen molar-refractivity contribution in [3.05, 3.63) is 59.1 Å². The van der Waals surface area contributed by atoms with Crippen molar-refractivity contribution in [2.45, 2.75) is 23.6 Å². The monoisotopic (exact) mass is 483 g/mol. The number of benzene rings is 2. The van der Waals surface area contributed by atoms with E-state index in [9.17, 15) is 23.4 Å². The molecule has 4 rings (SSSR count). The molecule has 2 aromatic carbocycles. The number of thiazole rings is 1. The largest absolute Gasteiger partial charge is 0.489 e. The van der Waals surface area contributed by atoms with Gasteiger partial charge in [-0.2, -0.15) is 13.2 Å². The maximum absolute atomic E-state index is 13.3. The van der Waals surface area contributed by atoms with Gasteiger partial charge in [0.15, 0.2) is 5.13 Å². The Morgan fingerprint density at radius 1 is 1.22 bits per heavy atom. The number of nitrogens with zero attached hydrogens (tertiary/aromatic N) is 2. The van der Waals surface area contributed by atoms with Crippen LogP contribution in [0.15, 0.2) is 52.9 Å².